The van der Waals surface area contributed by atoms with Gasteiger partial charge in [-0.05, 0) is 50.9 Å². The summed E-state index contributed by atoms with van der Waals surface area (Å²) in [6.45, 7) is 3.96. The first kappa shape index (κ1) is 18.4. The van der Waals surface area contributed by atoms with Gasteiger partial charge in [0.1, 0.15) is 12.4 Å². The molecule has 118 valence electrons. The number of esters is 1. The molecule has 0 amide bonds. The number of benzene rings is 1. The predicted octanol–water partition coefficient (Wildman–Crippen LogP) is 3.43. The van der Waals surface area contributed by atoms with Crippen molar-refractivity contribution < 1.29 is 23.7 Å². The van der Waals surface area contributed by atoms with Crippen LogP contribution in [0.2, 0.25) is 0 Å². The van der Waals surface area contributed by atoms with Crippen molar-refractivity contribution in [3.63, 3.8) is 0 Å². The molecule has 0 aliphatic heterocycles. The van der Waals surface area contributed by atoms with Gasteiger partial charge in [-0.3, -0.25) is 0 Å². The highest BCUT2D eigenvalue weighted by molar-refractivity contribution is 9.11. The number of carbonyl (C=O) groups excluding carboxylic acids is 1. The van der Waals surface area contributed by atoms with Crippen molar-refractivity contribution in [1.29, 1.82) is 0 Å². The van der Waals surface area contributed by atoms with Crippen LogP contribution < -0.4 is 4.74 Å². The molecular formula is C14H18Br2O5. The molecule has 0 aromatic heterocycles. The molecule has 0 spiro atoms. The fraction of sp³-hybridized carbons (Fsp3) is 0.500. The second kappa shape index (κ2) is 10.2. The molecule has 0 unspecified atom stereocenters. The zero-order valence-corrected chi connectivity index (χ0v) is 15.2. The molecule has 0 radical (unpaired) electrons. The van der Waals surface area contributed by atoms with E-state index in [2.05, 4.69) is 31.9 Å². The van der Waals surface area contributed by atoms with Crippen LogP contribution in [0.4, 0.5) is 0 Å². The fourth-order valence-corrected chi connectivity index (χ4v) is 2.81. The molecule has 1 aromatic rings. The first-order chi connectivity index (χ1) is 10.1. The summed E-state index contributed by atoms with van der Waals surface area (Å²) >= 11 is 6.78. The third kappa shape index (κ3) is 5.94. The highest BCUT2D eigenvalue weighted by atomic mass is 79.9. The lowest BCUT2D eigenvalue weighted by atomic mass is 10.2. The molecule has 21 heavy (non-hydrogen) atoms. The minimum absolute atomic E-state index is 0.324. The maximum Gasteiger partial charge on any atom is 0.339 e. The Balaban J connectivity index is 2.64. The Morgan fingerprint density at radius 3 is 2.52 bits per heavy atom. The van der Waals surface area contributed by atoms with Crippen molar-refractivity contribution in [2.45, 2.75) is 6.92 Å². The molecule has 0 saturated heterocycles. The summed E-state index contributed by atoms with van der Waals surface area (Å²) in [5.41, 5.74) is 0.426. The second-order valence-electron chi connectivity index (χ2n) is 3.91. The molecule has 0 heterocycles. The molecule has 0 aliphatic carbocycles. The number of ether oxygens (including phenoxy) is 4. The highest BCUT2D eigenvalue weighted by Gasteiger charge is 2.17. The van der Waals surface area contributed by atoms with Gasteiger partial charge in [0.25, 0.3) is 0 Å². The van der Waals surface area contributed by atoms with Crippen LogP contribution in [0.1, 0.15) is 17.3 Å². The van der Waals surface area contributed by atoms with Crippen molar-refractivity contribution in [3.05, 3.63) is 26.6 Å². The van der Waals surface area contributed by atoms with E-state index in [0.29, 0.717) is 48.8 Å². The number of methoxy groups -OCH3 is 1. The Hall–Kier alpha value is -0.630. The van der Waals surface area contributed by atoms with E-state index in [1.54, 1.807) is 26.2 Å². The summed E-state index contributed by atoms with van der Waals surface area (Å²) in [5, 5.41) is 0. The first-order valence-electron chi connectivity index (χ1n) is 6.46. The summed E-state index contributed by atoms with van der Waals surface area (Å²) in [7, 11) is 1.62. The zero-order chi connectivity index (χ0) is 15.7. The Bertz CT molecular complexity index is 465. The van der Waals surface area contributed by atoms with E-state index in [1.807, 2.05) is 0 Å². The summed E-state index contributed by atoms with van der Waals surface area (Å²) in [5.74, 6) is 0.161. The van der Waals surface area contributed by atoms with Gasteiger partial charge in [-0.1, -0.05) is 0 Å². The normalized spacial score (nSPS) is 10.5. The van der Waals surface area contributed by atoms with Crippen molar-refractivity contribution in [3.8, 4) is 5.75 Å². The summed E-state index contributed by atoms with van der Waals surface area (Å²) in [4.78, 5) is 11.8. The Morgan fingerprint density at radius 2 is 1.86 bits per heavy atom. The van der Waals surface area contributed by atoms with Gasteiger partial charge in [0, 0.05) is 7.11 Å². The maximum atomic E-state index is 11.8. The lowest BCUT2D eigenvalue weighted by molar-refractivity contribution is 0.0518. The van der Waals surface area contributed by atoms with Gasteiger partial charge >= 0.3 is 5.97 Å². The average molecular weight is 426 g/mol. The van der Waals surface area contributed by atoms with Crippen LogP contribution in [0.25, 0.3) is 0 Å². The maximum absolute atomic E-state index is 11.8. The van der Waals surface area contributed by atoms with Crippen LogP contribution in [0.3, 0.4) is 0 Å². The van der Waals surface area contributed by atoms with Crippen molar-refractivity contribution in [2.75, 3.05) is 40.1 Å². The minimum atomic E-state index is -0.391. The molecule has 0 aliphatic rings. The van der Waals surface area contributed by atoms with E-state index >= 15 is 0 Å². The number of rotatable bonds is 9. The lowest BCUT2D eigenvalue weighted by Crippen LogP contribution is -2.11. The van der Waals surface area contributed by atoms with Gasteiger partial charge in [-0.2, -0.15) is 0 Å². The largest absolute Gasteiger partial charge is 0.489 e. The van der Waals surface area contributed by atoms with Crippen LogP contribution in [0.15, 0.2) is 21.1 Å². The van der Waals surface area contributed by atoms with Crippen molar-refractivity contribution in [2.24, 2.45) is 0 Å². The number of hydrogen-bond donors (Lipinski definition) is 0. The number of hydrogen-bond acceptors (Lipinski definition) is 5. The van der Waals surface area contributed by atoms with Gasteiger partial charge in [-0.25, -0.2) is 4.79 Å². The molecular weight excluding hydrogens is 408 g/mol. The van der Waals surface area contributed by atoms with E-state index in [0.717, 1.165) is 4.47 Å². The van der Waals surface area contributed by atoms with E-state index in [4.69, 9.17) is 18.9 Å². The van der Waals surface area contributed by atoms with E-state index in [1.165, 1.54) is 0 Å². The van der Waals surface area contributed by atoms with Gasteiger partial charge in [-0.15, -0.1) is 0 Å². The third-order valence-corrected chi connectivity index (χ3v) is 3.86. The quantitative estimate of drug-likeness (QED) is 0.448. The molecule has 0 atom stereocenters. The Morgan fingerprint density at radius 1 is 1.14 bits per heavy atom. The lowest BCUT2D eigenvalue weighted by Gasteiger charge is -2.13. The molecule has 5 nitrogen and oxygen atoms in total. The summed E-state index contributed by atoms with van der Waals surface area (Å²) in [6.07, 6.45) is 0. The minimum Gasteiger partial charge on any atom is -0.489 e. The van der Waals surface area contributed by atoms with E-state index in [9.17, 15) is 4.79 Å². The van der Waals surface area contributed by atoms with Crippen LogP contribution in [0, 0.1) is 0 Å². The number of carbonyl (C=O) groups is 1. The van der Waals surface area contributed by atoms with E-state index in [-0.39, 0.29) is 0 Å². The number of halogens is 2. The molecule has 7 heteroatoms. The molecule has 0 bridgehead atoms. The predicted molar refractivity (Wildman–Crippen MR) is 86.0 cm³/mol. The standard InChI is InChI=1S/C14H18Br2O5/c1-3-20-14(17)10-4-5-11(15)13(12(10)16)21-9-8-19-7-6-18-2/h4-5H,3,6-9H2,1-2H3. The zero-order valence-electron chi connectivity index (χ0n) is 12.0. The molecule has 1 rings (SSSR count). The molecule has 0 saturated carbocycles. The molecule has 0 N–H and O–H groups in total. The fourth-order valence-electron chi connectivity index (χ4n) is 1.48. The van der Waals surface area contributed by atoms with E-state index < -0.39 is 5.97 Å². The van der Waals surface area contributed by atoms with Gasteiger partial charge < -0.3 is 18.9 Å². The monoisotopic (exact) mass is 424 g/mol. The van der Waals surface area contributed by atoms with Gasteiger partial charge in [0.05, 0.1) is 40.9 Å². The summed E-state index contributed by atoms with van der Waals surface area (Å²) in [6, 6.07) is 3.42. The van der Waals surface area contributed by atoms with Gasteiger partial charge in [0.15, 0.2) is 0 Å². The van der Waals surface area contributed by atoms with Crippen molar-refractivity contribution in [1.82, 2.24) is 0 Å². The third-order valence-electron chi connectivity index (χ3n) is 2.45. The smallest absolute Gasteiger partial charge is 0.339 e. The first-order valence-corrected chi connectivity index (χ1v) is 8.05. The second-order valence-corrected chi connectivity index (χ2v) is 5.56. The van der Waals surface area contributed by atoms with Crippen molar-refractivity contribution >= 4 is 37.8 Å². The van der Waals surface area contributed by atoms with Crippen LogP contribution in [-0.2, 0) is 14.2 Å². The Kier molecular flexibility index (Phi) is 8.91. The topological polar surface area (TPSA) is 54.0 Å². The average Bonchev–Trinajstić information content (AvgIpc) is 2.45. The molecule has 0 fully saturated rings. The SMILES string of the molecule is CCOC(=O)c1ccc(Br)c(OCCOCCOC)c1Br. The van der Waals surface area contributed by atoms with Crippen LogP contribution >= 0.6 is 31.9 Å². The Labute approximate surface area is 141 Å². The summed E-state index contributed by atoms with van der Waals surface area (Å²) < 4.78 is 22.2. The molecule has 1 aromatic carbocycles. The van der Waals surface area contributed by atoms with Crippen LogP contribution in [-0.4, -0.2) is 46.1 Å². The highest BCUT2D eigenvalue weighted by Crippen LogP contribution is 2.36. The van der Waals surface area contributed by atoms with Crippen LogP contribution in [0.5, 0.6) is 5.75 Å². The van der Waals surface area contributed by atoms with Gasteiger partial charge in [0.2, 0.25) is 0 Å².